The lowest BCUT2D eigenvalue weighted by molar-refractivity contribution is -0.222. The van der Waals surface area contributed by atoms with Crippen LogP contribution in [-0.2, 0) is 27.1 Å². The van der Waals surface area contributed by atoms with E-state index in [1.807, 2.05) is 0 Å². The molecule has 24 heteroatoms. The van der Waals surface area contributed by atoms with Crippen LogP contribution in [0.15, 0.2) is 13.5 Å². The lowest BCUT2D eigenvalue weighted by Gasteiger charge is -2.31. The van der Waals surface area contributed by atoms with Gasteiger partial charge in [0.05, 0.1) is 0 Å². The summed E-state index contributed by atoms with van der Waals surface area (Å²) in [4.78, 5) is 0. The maximum atomic E-state index is 13.8. The summed E-state index contributed by atoms with van der Waals surface area (Å²) < 4.78 is 204. The van der Waals surface area contributed by atoms with Crippen LogP contribution >= 0.6 is 23.0 Å². The first-order chi connectivity index (χ1) is 16.1. The average molecular weight is 615 g/mol. The van der Waals surface area contributed by atoms with Crippen LogP contribution in [0.1, 0.15) is 0 Å². The summed E-state index contributed by atoms with van der Waals surface area (Å²) in [5.74, 6) is -29.8. The molecule has 0 aromatic rings. The van der Waals surface area contributed by atoms with Gasteiger partial charge in [-0.3, -0.25) is 27.1 Å². The van der Waals surface area contributed by atoms with E-state index in [1.54, 1.807) is 0 Å². The molecule has 0 saturated carbocycles. The van der Waals surface area contributed by atoms with Crippen LogP contribution < -0.4 is 0 Å². The zero-order valence-electron chi connectivity index (χ0n) is 16.9. The third kappa shape index (κ3) is 4.76. The third-order valence-corrected chi connectivity index (χ3v) is 13.0. The van der Waals surface area contributed by atoms with Crippen molar-refractivity contribution >= 4 is 23.0 Å². The predicted molar refractivity (Wildman–Crippen MR) is 93.4 cm³/mol. The van der Waals surface area contributed by atoms with E-state index in [4.69, 9.17) is 0 Å². The Labute approximate surface area is 192 Å². The third-order valence-electron chi connectivity index (χ3n) is 4.77. The van der Waals surface area contributed by atoms with Gasteiger partial charge in [-0.05, 0) is 0 Å². The van der Waals surface area contributed by atoms with Crippen molar-refractivity contribution in [2.75, 3.05) is 39.6 Å². The molecule has 3 spiro atoms. The highest BCUT2D eigenvalue weighted by Crippen LogP contribution is 2.82. The minimum atomic E-state index is -5.15. The second-order valence-electron chi connectivity index (χ2n) is 7.61. The second kappa shape index (κ2) is 8.31. The van der Waals surface area contributed by atoms with Gasteiger partial charge in [0.15, 0.2) is 0 Å². The molecule has 4 aliphatic rings. The minimum Gasteiger partial charge on any atom is -0.300 e. The van der Waals surface area contributed by atoms with Crippen molar-refractivity contribution in [3.8, 4) is 0 Å². The SMILES string of the molecule is FC1(F)COP2(=NP3(=NP4(=N2)OCC(F)(F)C(F)(F)CO4)OCC(F)(F)C(F)(F)CO3)OCC1(F)F. The van der Waals surface area contributed by atoms with Crippen LogP contribution in [0.5, 0.6) is 0 Å². The highest BCUT2D eigenvalue weighted by Gasteiger charge is 2.65. The fraction of sp³-hybridized carbons (Fsp3) is 1.00. The van der Waals surface area contributed by atoms with Crippen molar-refractivity contribution in [1.82, 2.24) is 0 Å². The molecule has 0 aliphatic carbocycles. The van der Waals surface area contributed by atoms with Crippen LogP contribution in [0.4, 0.5) is 52.7 Å². The smallest absolute Gasteiger partial charge is 0.300 e. The van der Waals surface area contributed by atoms with Crippen LogP contribution in [-0.4, -0.2) is 75.2 Å². The van der Waals surface area contributed by atoms with Crippen molar-refractivity contribution < 1.29 is 79.8 Å². The molecule has 3 fully saturated rings. The summed E-state index contributed by atoms with van der Waals surface area (Å²) in [5.41, 5.74) is 0. The Morgan fingerprint density at radius 3 is 0.611 bits per heavy atom. The zero-order chi connectivity index (χ0) is 27.1. The molecular weight excluding hydrogens is 603 g/mol. The van der Waals surface area contributed by atoms with Crippen molar-refractivity contribution in [2.45, 2.75) is 35.5 Å². The lowest BCUT2D eigenvalue weighted by Crippen LogP contribution is -2.45. The summed E-state index contributed by atoms with van der Waals surface area (Å²) in [7, 11) is -15.4. The lowest BCUT2D eigenvalue weighted by atomic mass is 10.2. The minimum absolute atomic E-state index is 2.24. The standard InChI is InChI=1S/C12H12F12N3O6P3/c13-7(14)1-28-34(29-2-8(7,15)16)25-35(30-3-9(17,18)10(19,20)4-31-35)27-36(26-34)32-5-11(21,22)12(23,24)6-33-36/h1-6H2. The van der Waals surface area contributed by atoms with Gasteiger partial charge in [-0.25, -0.2) is 0 Å². The maximum absolute atomic E-state index is 13.8. The van der Waals surface area contributed by atoms with Crippen LogP contribution in [0.3, 0.4) is 0 Å². The van der Waals surface area contributed by atoms with Gasteiger partial charge in [0.25, 0.3) is 0 Å². The molecule has 210 valence electrons. The van der Waals surface area contributed by atoms with Gasteiger partial charge in [0.1, 0.15) is 39.6 Å². The van der Waals surface area contributed by atoms with Gasteiger partial charge in [-0.1, -0.05) is 0 Å². The predicted octanol–water partition coefficient (Wildman–Crippen LogP) is 6.79. The summed E-state index contributed by atoms with van der Waals surface area (Å²) in [6.45, 7) is -13.4. The van der Waals surface area contributed by atoms with Gasteiger partial charge in [-0.2, -0.15) is 52.7 Å². The molecule has 0 radical (unpaired) electrons. The summed E-state index contributed by atoms with van der Waals surface area (Å²) in [6.07, 6.45) is 0. The normalized spacial score (nSPS) is 34.3. The number of halogens is 12. The van der Waals surface area contributed by atoms with Gasteiger partial charge < -0.3 is 0 Å². The van der Waals surface area contributed by atoms with Gasteiger partial charge >= 0.3 is 58.5 Å². The Bertz CT molecular complexity index is 885. The molecule has 0 aromatic carbocycles. The van der Waals surface area contributed by atoms with E-state index in [1.165, 1.54) is 0 Å². The van der Waals surface area contributed by atoms with Crippen LogP contribution in [0, 0.1) is 0 Å². The molecule has 4 heterocycles. The Kier molecular flexibility index (Phi) is 6.60. The average Bonchev–Trinajstić information content (AvgIpc) is 2.93. The number of alkyl halides is 12. The summed E-state index contributed by atoms with van der Waals surface area (Å²) in [5, 5.41) is 0. The maximum Gasteiger partial charge on any atom is 0.349 e. The number of nitrogens with zero attached hydrogens (tertiary/aromatic N) is 3. The van der Waals surface area contributed by atoms with Crippen molar-refractivity contribution in [3.63, 3.8) is 0 Å². The summed E-state index contributed by atoms with van der Waals surface area (Å²) in [6, 6.07) is 0. The van der Waals surface area contributed by atoms with E-state index in [9.17, 15) is 52.7 Å². The fourth-order valence-corrected chi connectivity index (χ4v) is 12.0. The first-order valence-electron chi connectivity index (χ1n) is 9.17. The molecule has 9 nitrogen and oxygen atoms in total. The molecule has 0 aromatic heterocycles. The highest BCUT2D eigenvalue weighted by atomic mass is 31.3. The number of hydrogen-bond acceptors (Lipinski definition) is 9. The molecule has 0 N–H and O–H groups in total. The van der Waals surface area contributed by atoms with Gasteiger partial charge in [-0.15, -0.1) is 13.5 Å². The molecule has 3 saturated heterocycles. The van der Waals surface area contributed by atoms with E-state index in [-0.39, 0.29) is 0 Å². The first-order valence-corrected chi connectivity index (χ1v) is 13.8. The second-order valence-corrected chi connectivity index (χ2v) is 14.2. The number of hydrogen-bond donors (Lipinski definition) is 0. The molecular formula is C12H12F12N3O6P3. The Hall–Kier alpha value is -0.390. The topological polar surface area (TPSA) is 92.5 Å². The van der Waals surface area contributed by atoms with Crippen molar-refractivity contribution in [3.05, 3.63) is 0 Å². The molecule has 36 heavy (non-hydrogen) atoms. The van der Waals surface area contributed by atoms with E-state index in [0.717, 1.165) is 0 Å². The molecule has 4 aliphatic heterocycles. The molecule has 0 bridgehead atoms. The highest BCUT2D eigenvalue weighted by molar-refractivity contribution is 7.78. The molecule has 0 atom stereocenters. The quantitative estimate of drug-likeness (QED) is 0.220. The Balaban J connectivity index is 1.90. The van der Waals surface area contributed by atoms with Crippen LogP contribution in [0.2, 0.25) is 0 Å². The van der Waals surface area contributed by atoms with Gasteiger partial charge in [0, 0.05) is 0 Å². The van der Waals surface area contributed by atoms with Crippen molar-refractivity contribution in [2.24, 2.45) is 13.5 Å². The summed E-state index contributed by atoms with van der Waals surface area (Å²) >= 11 is 0. The Morgan fingerprint density at radius 1 is 0.333 bits per heavy atom. The zero-order valence-corrected chi connectivity index (χ0v) is 19.6. The largest absolute Gasteiger partial charge is 0.349 e. The van der Waals surface area contributed by atoms with E-state index in [0.29, 0.717) is 0 Å². The van der Waals surface area contributed by atoms with Gasteiger partial charge in [0.2, 0.25) is 0 Å². The van der Waals surface area contributed by atoms with E-state index in [2.05, 4.69) is 40.7 Å². The molecule has 0 amide bonds. The molecule has 4 rings (SSSR count). The van der Waals surface area contributed by atoms with E-state index < -0.39 is 98.2 Å². The van der Waals surface area contributed by atoms with E-state index >= 15 is 0 Å². The van der Waals surface area contributed by atoms with Crippen molar-refractivity contribution in [1.29, 1.82) is 0 Å². The fourth-order valence-electron chi connectivity index (χ4n) is 2.53. The first kappa shape index (κ1) is 28.6. The van der Waals surface area contributed by atoms with Crippen LogP contribution in [0.25, 0.3) is 0 Å². The monoisotopic (exact) mass is 615 g/mol. The number of rotatable bonds is 0. The molecule has 0 unspecified atom stereocenters. The Morgan fingerprint density at radius 2 is 0.472 bits per heavy atom.